The van der Waals surface area contributed by atoms with E-state index >= 15 is 0 Å². The molecular weight excluding hydrogens is 254 g/mol. The summed E-state index contributed by atoms with van der Waals surface area (Å²) in [6.07, 6.45) is 0. The summed E-state index contributed by atoms with van der Waals surface area (Å²) in [5.74, 6) is 1.09. The second kappa shape index (κ2) is 4.74. The van der Waals surface area contributed by atoms with Crippen LogP contribution in [-0.4, -0.2) is 7.11 Å². The van der Waals surface area contributed by atoms with Gasteiger partial charge in [-0.3, -0.25) is 4.79 Å². The predicted octanol–water partition coefficient (Wildman–Crippen LogP) is 3.05. The zero-order valence-corrected chi connectivity index (χ0v) is 10.9. The fraction of sp³-hybridized carbons (Fsp3) is 0.0625. The molecule has 1 heterocycles. The molecule has 0 unspecified atom stereocenters. The lowest BCUT2D eigenvalue weighted by atomic mass is 10.1. The number of para-hydroxylation sites is 1. The second-order valence-electron chi connectivity index (χ2n) is 4.42. The van der Waals surface area contributed by atoms with Crippen LogP contribution in [0.3, 0.4) is 0 Å². The van der Waals surface area contributed by atoms with Crippen molar-refractivity contribution in [2.75, 3.05) is 12.8 Å². The fourth-order valence-electron chi connectivity index (χ4n) is 2.12. The average molecular weight is 267 g/mol. The molecule has 0 spiro atoms. The minimum Gasteiger partial charge on any atom is -0.497 e. The second-order valence-corrected chi connectivity index (χ2v) is 4.42. The van der Waals surface area contributed by atoms with Gasteiger partial charge < -0.3 is 14.9 Å². The normalized spacial score (nSPS) is 10.7. The van der Waals surface area contributed by atoms with Crippen LogP contribution < -0.4 is 15.9 Å². The SMILES string of the molecule is COc1ccc2c(=O)cc(-c3ccccc3N)oc2c1. The van der Waals surface area contributed by atoms with Crippen molar-refractivity contribution in [3.8, 4) is 17.1 Å². The van der Waals surface area contributed by atoms with E-state index in [9.17, 15) is 4.79 Å². The van der Waals surface area contributed by atoms with Crippen molar-refractivity contribution in [1.82, 2.24) is 0 Å². The predicted molar refractivity (Wildman–Crippen MR) is 78.9 cm³/mol. The molecule has 0 bridgehead atoms. The molecule has 100 valence electrons. The lowest BCUT2D eigenvalue weighted by Gasteiger charge is -2.06. The molecule has 4 nitrogen and oxygen atoms in total. The highest BCUT2D eigenvalue weighted by atomic mass is 16.5. The van der Waals surface area contributed by atoms with E-state index in [2.05, 4.69) is 0 Å². The number of benzene rings is 2. The minimum absolute atomic E-state index is 0.104. The van der Waals surface area contributed by atoms with E-state index in [0.717, 1.165) is 0 Å². The zero-order chi connectivity index (χ0) is 14.1. The summed E-state index contributed by atoms with van der Waals surface area (Å²) < 4.78 is 10.9. The average Bonchev–Trinajstić information content (AvgIpc) is 2.47. The van der Waals surface area contributed by atoms with Crippen LogP contribution in [0.15, 0.2) is 57.7 Å². The lowest BCUT2D eigenvalue weighted by molar-refractivity contribution is 0.414. The van der Waals surface area contributed by atoms with E-state index in [0.29, 0.717) is 33.7 Å². The third-order valence-corrected chi connectivity index (χ3v) is 3.16. The molecule has 4 heteroatoms. The largest absolute Gasteiger partial charge is 0.497 e. The van der Waals surface area contributed by atoms with Crippen LogP contribution >= 0.6 is 0 Å². The molecule has 0 saturated carbocycles. The number of anilines is 1. The minimum atomic E-state index is -0.104. The van der Waals surface area contributed by atoms with Gasteiger partial charge in [0, 0.05) is 23.4 Å². The van der Waals surface area contributed by atoms with Gasteiger partial charge in [-0.1, -0.05) is 12.1 Å². The van der Waals surface area contributed by atoms with Gasteiger partial charge in [-0.05, 0) is 24.3 Å². The summed E-state index contributed by atoms with van der Waals surface area (Å²) in [4.78, 5) is 12.1. The number of hydrogen-bond donors (Lipinski definition) is 1. The number of hydrogen-bond acceptors (Lipinski definition) is 4. The summed E-state index contributed by atoms with van der Waals surface area (Å²) in [6, 6.07) is 13.8. The highest BCUT2D eigenvalue weighted by Crippen LogP contribution is 2.28. The van der Waals surface area contributed by atoms with E-state index in [1.807, 2.05) is 18.2 Å². The third kappa shape index (κ3) is 2.01. The van der Waals surface area contributed by atoms with E-state index in [4.69, 9.17) is 14.9 Å². The van der Waals surface area contributed by atoms with Gasteiger partial charge in [0.15, 0.2) is 5.43 Å². The third-order valence-electron chi connectivity index (χ3n) is 3.16. The Bertz CT molecular complexity index is 836. The first-order chi connectivity index (χ1) is 9.69. The molecule has 0 aliphatic carbocycles. The molecule has 0 fully saturated rings. The van der Waals surface area contributed by atoms with Crippen molar-refractivity contribution in [2.45, 2.75) is 0 Å². The van der Waals surface area contributed by atoms with Crippen LogP contribution in [-0.2, 0) is 0 Å². The van der Waals surface area contributed by atoms with Crippen molar-refractivity contribution in [3.05, 3.63) is 58.8 Å². The highest BCUT2D eigenvalue weighted by Gasteiger charge is 2.09. The number of ether oxygens (including phenoxy) is 1. The summed E-state index contributed by atoms with van der Waals surface area (Å²) in [5, 5.41) is 0.518. The van der Waals surface area contributed by atoms with Crippen LogP contribution in [0, 0.1) is 0 Å². The Labute approximate surface area is 115 Å². The van der Waals surface area contributed by atoms with Crippen LogP contribution in [0.2, 0.25) is 0 Å². The van der Waals surface area contributed by atoms with Gasteiger partial charge in [-0.15, -0.1) is 0 Å². The number of nitrogen functional groups attached to an aromatic ring is 1. The summed E-state index contributed by atoms with van der Waals surface area (Å²) >= 11 is 0. The fourth-order valence-corrected chi connectivity index (χ4v) is 2.12. The molecule has 20 heavy (non-hydrogen) atoms. The van der Waals surface area contributed by atoms with E-state index in [-0.39, 0.29) is 5.43 Å². The number of nitrogens with two attached hydrogens (primary N) is 1. The van der Waals surface area contributed by atoms with Gasteiger partial charge in [0.25, 0.3) is 0 Å². The first-order valence-corrected chi connectivity index (χ1v) is 6.16. The molecule has 0 atom stereocenters. The van der Waals surface area contributed by atoms with E-state index in [1.165, 1.54) is 6.07 Å². The van der Waals surface area contributed by atoms with Crippen molar-refractivity contribution < 1.29 is 9.15 Å². The Hall–Kier alpha value is -2.75. The van der Waals surface area contributed by atoms with Crippen molar-refractivity contribution in [3.63, 3.8) is 0 Å². The van der Waals surface area contributed by atoms with Crippen molar-refractivity contribution in [1.29, 1.82) is 0 Å². The molecule has 2 N–H and O–H groups in total. The number of rotatable bonds is 2. The maximum absolute atomic E-state index is 12.1. The Kier molecular flexibility index (Phi) is 2.91. The van der Waals surface area contributed by atoms with Crippen LogP contribution in [0.5, 0.6) is 5.75 Å². The molecule has 3 aromatic rings. The number of fused-ring (bicyclic) bond motifs is 1. The standard InChI is InChI=1S/C16H13NO3/c1-19-10-6-7-12-14(18)9-16(20-15(12)8-10)11-4-2-3-5-13(11)17/h2-9H,17H2,1H3. The summed E-state index contributed by atoms with van der Waals surface area (Å²) in [5.41, 5.74) is 7.56. The van der Waals surface area contributed by atoms with Crippen molar-refractivity contribution >= 4 is 16.7 Å². The monoisotopic (exact) mass is 267 g/mol. The van der Waals surface area contributed by atoms with Crippen LogP contribution in [0.4, 0.5) is 5.69 Å². The van der Waals surface area contributed by atoms with Crippen molar-refractivity contribution in [2.24, 2.45) is 0 Å². The molecule has 1 aromatic heterocycles. The first-order valence-electron chi connectivity index (χ1n) is 6.16. The first kappa shape index (κ1) is 12.3. The Morgan fingerprint density at radius 3 is 2.65 bits per heavy atom. The van der Waals surface area contributed by atoms with E-state index in [1.54, 1.807) is 31.4 Å². The molecule has 0 amide bonds. The van der Waals surface area contributed by atoms with E-state index < -0.39 is 0 Å². The van der Waals surface area contributed by atoms with Crippen LogP contribution in [0.25, 0.3) is 22.3 Å². The Morgan fingerprint density at radius 2 is 1.90 bits per heavy atom. The van der Waals surface area contributed by atoms with Gasteiger partial charge in [0.2, 0.25) is 0 Å². The van der Waals surface area contributed by atoms with Gasteiger partial charge in [-0.25, -0.2) is 0 Å². The number of methoxy groups -OCH3 is 1. The smallest absolute Gasteiger partial charge is 0.193 e. The summed E-state index contributed by atoms with van der Waals surface area (Å²) in [7, 11) is 1.57. The molecule has 0 aliphatic rings. The van der Waals surface area contributed by atoms with Gasteiger partial charge >= 0.3 is 0 Å². The Morgan fingerprint density at radius 1 is 1.10 bits per heavy atom. The summed E-state index contributed by atoms with van der Waals surface area (Å²) in [6.45, 7) is 0. The van der Waals surface area contributed by atoms with Gasteiger partial charge in [0.1, 0.15) is 17.1 Å². The highest BCUT2D eigenvalue weighted by molar-refractivity contribution is 5.82. The molecule has 3 rings (SSSR count). The molecule has 0 aliphatic heterocycles. The quantitative estimate of drug-likeness (QED) is 0.725. The maximum Gasteiger partial charge on any atom is 0.193 e. The molecule has 0 radical (unpaired) electrons. The molecule has 2 aromatic carbocycles. The lowest BCUT2D eigenvalue weighted by Crippen LogP contribution is -2.01. The Balaban J connectivity index is 2.28. The van der Waals surface area contributed by atoms with Crippen LogP contribution in [0.1, 0.15) is 0 Å². The van der Waals surface area contributed by atoms with Gasteiger partial charge in [0.05, 0.1) is 12.5 Å². The van der Waals surface area contributed by atoms with Gasteiger partial charge in [-0.2, -0.15) is 0 Å². The molecule has 0 saturated heterocycles. The zero-order valence-electron chi connectivity index (χ0n) is 10.9. The molecular formula is C16H13NO3. The topological polar surface area (TPSA) is 65.5 Å². The maximum atomic E-state index is 12.1.